The maximum atomic E-state index is 11.3. The molecule has 6 heteroatoms. The van der Waals surface area contributed by atoms with Crippen molar-refractivity contribution in [2.45, 2.75) is 32.6 Å². The second-order valence-electron chi connectivity index (χ2n) is 4.98. The predicted octanol–water partition coefficient (Wildman–Crippen LogP) is 2.74. The third kappa shape index (κ3) is 1.96. The number of carboxylic acids is 1. The van der Waals surface area contributed by atoms with Crippen LogP contribution in [-0.4, -0.2) is 25.8 Å². The number of carbonyl (C=O) groups is 1. The SMILES string of the molecule is Cc1nn(C)c(C)c1-c1nc(C2CC2)c(C(=O)O)s1. The molecule has 1 saturated carbocycles. The summed E-state index contributed by atoms with van der Waals surface area (Å²) >= 11 is 1.27. The van der Waals surface area contributed by atoms with Gasteiger partial charge in [0.2, 0.25) is 0 Å². The molecule has 1 fully saturated rings. The van der Waals surface area contributed by atoms with Crippen molar-refractivity contribution < 1.29 is 9.90 Å². The molecule has 1 aliphatic rings. The first-order valence-electron chi connectivity index (χ1n) is 6.23. The molecule has 19 heavy (non-hydrogen) atoms. The Morgan fingerprint density at radius 3 is 2.58 bits per heavy atom. The van der Waals surface area contributed by atoms with Gasteiger partial charge in [-0.1, -0.05) is 0 Å². The second-order valence-corrected chi connectivity index (χ2v) is 5.98. The standard InChI is InChI=1S/C13H15N3O2S/c1-6-9(7(2)16(3)15-6)12-14-10(8-4-5-8)11(19-12)13(17)18/h8H,4-5H2,1-3H3,(H,17,18). The van der Waals surface area contributed by atoms with Crippen LogP contribution in [0.25, 0.3) is 10.6 Å². The Balaban J connectivity index is 2.15. The van der Waals surface area contributed by atoms with Crippen molar-refractivity contribution in [2.24, 2.45) is 7.05 Å². The molecule has 0 amide bonds. The van der Waals surface area contributed by atoms with Gasteiger partial charge in [-0.25, -0.2) is 9.78 Å². The van der Waals surface area contributed by atoms with Crippen LogP contribution in [0.3, 0.4) is 0 Å². The van der Waals surface area contributed by atoms with Crippen molar-refractivity contribution in [1.29, 1.82) is 0 Å². The van der Waals surface area contributed by atoms with E-state index in [4.69, 9.17) is 0 Å². The van der Waals surface area contributed by atoms with Crippen LogP contribution in [0.5, 0.6) is 0 Å². The van der Waals surface area contributed by atoms with E-state index in [9.17, 15) is 9.90 Å². The molecule has 100 valence electrons. The van der Waals surface area contributed by atoms with Crippen LogP contribution in [0.2, 0.25) is 0 Å². The van der Waals surface area contributed by atoms with Gasteiger partial charge in [0, 0.05) is 18.7 Å². The van der Waals surface area contributed by atoms with E-state index in [0.29, 0.717) is 10.8 Å². The van der Waals surface area contributed by atoms with Gasteiger partial charge in [0.25, 0.3) is 0 Å². The van der Waals surface area contributed by atoms with Crippen molar-refractivity contribution in [3.63, 3.8) is 0 Å². The average molecular weight is 277 g/mol. The van der Waals surface area contributed by atoms with Gasteiger partial charge in [-0.3, -0.25) is 4.68 Å². The van der Waals surface area contributed by atoms with Crippen LogP contribution in [0.1, 0.15) is 45.5 Å². The molecule has 0 aromatic carbocycles. The molecule has 0 radical (unpaired) electrons. The highest BCUT2D eigenvalue weighted by molar-refractivity contribution is 7.17. The predicted molar refractivity (Wildman–Crippen MR) is 72.7 cm³/mol. The Labute approximate surface area is 114 Å². The van der Waals surface area contributed by atoms with Crippen LogP contribution in [0.4, 0.5) is 0 Å². The minimum Gasteiger partial charge on any atom is -0.477 e. The fraction of sp³-hybridized carbons (Fsp3) is 0.462. The Morgan fingerprint density at radius 2 is 2.11 bits per heavy atom. The molecular formula is C13H15N3O2S. The minimum absolute atomic E-state index is 0.341. The Bertz CT molecular complexity index is 668. The van der Waals surface area contributed by atoms with Gasteiger partial charge in [-0.2, -0.15) is 5.10 Å². The summed E-state index contributed by atoms with van der Waals surface area (Å²) in [6.45, 7) is 3.91. The third-order valence-corrected chi connectivity index (χ3v) is 4.61. The largest absolute Gasteiger partial charge is 0.477 e. The fourth-order valence-electron chi connectivity index (χ4n) is 2.31. The molecule has 2 aromatic heterocycles. The van der Waals surface area contributed by atoms with Crippen molar-refractivity contribution in [3.05, 3.63) is 22.0 Å². The second kappa shape index (κ2) is 4.16. The number of nitrogens with zero attached hydrogens (tertiary/aromatic N) is 3. The molecule has 0 spiro atoms. The van der Waals surface area contributed by atoms with E-state index in [0.717, 1.165) is 40.5 Å². The lowest BCUT2D eigenvalue weighted by molar-refractivity contribution is 0.0700. The first kappa shape index (κ1) is 12.3. The van der Waals surface area contributed by atoms with E-state index in [1.165, 1.54) is 11.3 Å². The summed E-state index contributed by atoms with van der Waals surface area (Å²) in [5.41, 5.74) is 3.65. The summed E-state index contributed by atoms with van der Waals surface area (Å²) in [5.74, 6) is -0.529. The Kier molecular flexibility index (Phi) is 2.70. The molecule has 0 aliphatic heterocycles. The van der Waals surface area contributed by atoms with Crippen LogP contribution < -0.4 is 0 Å². The van der Waals surface area contributed by atoms with Gasteiger partial charge in [0.1, 0.15) is 9.88 Å². The fourth-order valence-corrected chi connectivity index (χ4v) is 3.45. The summed E-state index contributed by atoms with van der Waals surface area (Å²) < 4.78 is 1.81. The quantitative estimate of drug-likeness (QED) is 0.936. The molecule has 5 nitrogen and oxygen atoms in total. The summed E-state index contributed by atoms with van der Waals surface area (Å²) in [4.78, 5) is 16.3. The third-order valence-electron chi connectivity index (χ3n) is 3.53. The Morgan fingerprint density at radius 1 is 1.42 bits per heavy atom. The van der Waals surface area contributed by atoms with Crippen LogP contribution in [-0.2, 0) is 7.05 Å². The molecule has 2 heterocycles. The monoisotopic (exact) mass is 277 g/mol. The summed E-state index contributed by atoms with van der Waals surface area (Å²) in [6, 6.07) is 0. The molecule has 2 aromatic rings. The molecule has 0 unspecified atom stereocenters. The highest BCUT2D eigenvalue weighted by atomic mass is 32.1. The van der Waals surface area contributed by atoms with E-state index >= 15 is 0 Å². The van der Waals surface area contributed by atoms with Gasteiger partial charge in [0.15, 0.2) is 0 Å². The molecule has 0 saturated heterocycles. The minimum atomic E-state index is -0.871. The lowest BCUT2D eigenvalue weighted by Crippen LogP contribution is -1.97. The zero-order chi connectivity index (χ0) is 13.7. The lowest BCUT2D eigenvalue weighted by atomic mass is 10.2. The average Bonchev–Trinajstić information content (AvgIpc) is 3.03. The van der Waals surface area contributed by atoms with Crippen LogP contribution >= 0.6 is 11.3 Å². The van der Waals surface area contributed by atoms with Gasteiger partial charge >= 0.3 is 5.97 Å². The molecule has 3 rings (SSSR count). The number of aromatic carboxylic acids is 1. The van der Waals surface area contributed by atoms with Gasteiger partial charge in [-0.05, 0) is 26.7 Å². The number of thiazole rings is 1. The van der Waals surface area contributed by atoms with Crippen molar-refractivity contribution in [2.75, 3.05) is 0 Å². The lowest BCUT2D eigenvalue weighted by Gasteiger charge is -1.96. The van der Waals surface area contributed by atoms with E-state index < -0.39 is 5.97 Å². The highest BCUT2D eigenvalue weighted by Gasteiger charge is 2.33. The van der Waals surface area contributed by atoms with E-state index in [-0.39, 0.29) is 0 Å². The maximum Gasteiger partial charge on any atom is 0.347 e. The molecule has 1 aliphatic carbocycles. The normalized spacial score (nSPS) is 14.9. The van der Waals surface area contributed by atoms with Crippen molar-refractivity contribution in [1.82, 2.24) is 14.8 Å². The summed E-state index contributed by atoms with van der Waals surface area (Å²) in [7, 11) is 1.89. The number of hydrogen-bond donors (Lipinski definition) is 1. The first-order chi connectivity index (χ1) is 8.99. The van der Waals surface area contributed by atoms with Gasteiger partial charge in [-0.15, -0.1) is 11.3 Å². The first-order valence-corrected chi connectivity index (χ1v) is 7.05. The molecule has 0 bridgehead atoms. The van der Waals surface area contributed by atoms with Crippen molar-refractivity contribution >= 4 is 17.3 Å². The number of carboxylic acid groups (broad SMARTS) is 1. The summed E-state index contributed by atoms with van der Waals surface area (Å²) in [6.07, 6.45) is 2.10. The highest BCUT2D eigenvalue weighted by Crippen LogP contribution is 2.44. The molecular weight excluding hydrogens is 262 g/mol. The van der Waals surface area contributed by atoms with Crippen LogP contribution in [0, 0.1) is 13.8 Å². The number of aromatic nitrogens is 3. The Hall–Kier alpha value is -1.69. The van der Waals surface area contributed by atoms with E-state index in [1.807, 2.05) is 25.6 Å². The molecule has 0 atom stereocenters. The van der Waals surface area contributed by atoms with Crippen LogP contribution in [0.15, 0.2) is 0 Å². The number of rotatable bonds is 3. The van der Waals surface area contributed by atoms with Gasteiger partial charge in [0.05, 0.1) is 17.0 Å². The zero-order valence-corrected chi connectivity index (χ0v) is 11.9. The van der Waals surface area contributed by atoms with E-state index in [2.05, 4.69) is 10.1 Å². The molecule has 1 N–H and O–H groups in total. The van der Waals surface area contributed by atoms with E-state index in [1.54, 1.807) is 0 Å². The maximum absolute atomic E-state index is 11.3. The smallest absolute Gasteiger partial charge is 0.347 e. The van der Waals surface area contributed by atoms with Gasteiger partial charge < -0.3 is 5.11 Å². The number of hydrogen-bond acceptors (Lipinski definition) is 4. The summed E-state index contributed by atoms with van der Waals surface area (Å²) in [5, 5.41) is 14.4. The van der Waals surface area contributed by atoms with Crippen molar-refractivity contribution in [3.8, 4) is 10.6 Å². The number of aryl methyl sites for hydroxylation is 2. The topological polar surface area (TPSA) is 68.0 Å². The zero-order valence-electron chi connectivity index (χ0n) is 11.1.